The molecule has 80 valence electrons. The van der Waals surface area contributed by atoms with E-state index in [-0.39, 0.29) is 0 Å². The monoisotopic (exact) mass is 217 g/mol. The Labute approximate surface area is 99.8 Å². The lowest BCUT2D eigenvalue weighted by Crippen LogP contribution is -2.11. The maximum Gasteiger partial charge on any atom is 0.0714 e. The van der Waals surface area contributed by atoms with E-state index in [0.717, 1.165) is 12.8 Å². The molecule has 1 atom stereocenters. The Hall–Kier alpha value is -1.89. The molecular formula is C16H11N. The SMILES string of the molecule is C1=CC2Cc3cc4cc(c31)-c1cc(cc2n1)C4. The van der Waals surface area contributed by atoms with Gasteiger partial charge in [0.1, 0.15) is 0 Å². The zero-order chi connectivity index (χ0) is 11.0. The first-order valence-electron chi connectivity index (χ1n) is 6.22. The summed E-state index contributed by atoms with van der Waals surface area (Å²) in [6, 6.07) is 9.28. The van der Waals surface area contributed by atoms with E-state index < -0.39 is 0 Å². The third-order valence-corrected chi connectivity index (χ3v) is 4.23. The first-order valence-corrected chi connectivity index (χ1v) is 6.22. The van der Waals surface area contributed by atoms with E-state index in [1.807, 2.05) is 0 Å². The number of pyridine rings is 1. The van der Waals surface area contributed by atoms with E-state index in [4.69, 9.17) is 4.98 Å². The van der Waals surface area contributed by atoms with Crippen LogP contribution in [0.5, 0.6) is 0 Å². The minimum atomic E-state index is 0.489. The van der Waals surface area contributed by atoms with Crippen LogP contribution in [0.2, 0.25) is 0 Å². The van der Waals surface area contributed by atoms with Crippen molar-refractivity contribution in [2.45, 2.75) is 18.8 Å². The van der Waals surface area contributed by atoms with Crippen LogP contribution >= 0.6 is 0 Å². The standard InChI is InChI=1S/C16H11N/c1-2-13-12-4-9-3-10-6-15(11(1)8-12)17-16(7-10)14(13)5-9/h1-2,4-7,11H,3,8H2. The average molecular weight is 217 g/mol. The Morgan fingerprint density at radius 3 is 3.00 bits per heavy atom. The molecule has 17 heavy (non-hydrogen) atoms. The van der Waals surface area contributed by atoms with Crippen LogP contribution in [0.3, 0.4) is 0 Å². The van der Waals surface area contributed by atoms with Gasteiger partial charge in [-0.05, 0) is 53.3 Å². The predicted molar refractivity (Wildman–Crippen MR) is 68.0 cm³/mol. The molecule has 4 aliphatic rings. The van der Waals surface area contributed by atoms with Gasteiger partial charge >= 0.3 is 0 Å². The molecule has 2 aliphatic heterocycles. The number of benzene rings is 1. The zero-order valence-corrected chi connectivity index (χ0v) is 9.40. The van der Waals surface area contributed by atoms with Gasteiger partial charge in [-0.15, -0.1) is 0 Å². The molecule has 1 heteroatoms. The molecule has 0 N–H and O–H groups in total. The maximum atomic E-state index is 4.84. The Bertz CT molecular complexity index is 710. The number of nitrogens with zero attached hydrogens (tertiary/aromatic N) is 1. The fourth-order valence-electron chi connectivity index (χ4n) is 3.46. The van der Waals surface area contributed by atoms with E-state index in [1.54, 1.807) is 0 Å². The molecule has 0 radical (unpaired) electrons. The summed E-state index contributed by atoms with van der Waals surface area (Å²) in [5.41, 5.74) is 9.57. The Morgan fingerprint density at radius 2 is 2.00 bits per heavy atom. The van der Waals surface area contributed by atoms with Crippen LogP contribution in [0, 0.1) is 0 Å². The second-order valence-electron chi connectivity index (χ2n) is 5.35. The molecule has 8 bridgehead atoms. The van der Waals surface area contributed by atoms with Crippen molar-refractivity contribution in [3.8, 4) is 11.3 Å². The van der Waals surface area contributed by atoms with Crippen molar-refractivity contribution in [2.75, 3.05) is 0 Å². The summed E-state index contributed by atoms with van der Waals surface area (Å²) in [4.78, 5) is 4.84. The molecule has 1 aromatic heterocycles. The maximum absolute atomic E-state index is 4.84. The largest absolute Gasteiger partial charge is 0.252 e. The molecule has 1 nitrogen and oxygen atoms in total. The summed E-state index contributed by atoms with van der Waals surface area (Å²) in [6.07, 6.45) is 6.82. The third kappa shape index (κ3) is 0.932. The molecule has 0 fully saturated rings. The smallest absolute Gasteiger partial charge is 0.0714 e. The van der Waals surface area contributed by atoms with Gasteiger partial charge in [-0.2, -0.15) is 0 Å². The van der Waals surface area contributed by atoms with Crippen LogP contribution in [0.1, 0.15) is 33.9 Å². The average Bonchev–Trinajstić information content (AvgIpc) is 2.43. The van der Waals surface area contributed by atoms with Crippen LogP contribution in [-0.4, -0.2) is 4.98 Å². The Kier molecular flexibility index (Phi) is 1.21. The van der Waals surface area contributed by atoms with Crippen molar-refractivity contribution in [3.05, 3.63) is 58.3 Å². The third-order valence-electron chi connectivity index (χ3n) is 4.23. The molecule has 0 spiro atoms. The first-order chi connectivity index (χ1) is 8.37. The van der Waals surface area contributed by atoms with Gasteiger partial charge in [0.25, 0.3) is 0 Å². The van der Waals surface area contributed by atoms with Gasteiger partial charge in [0.15, 0.2) is 0 Å². The van der Waals surface area contributed by atoms with E-state index in [9.17, 15) is 0 Å². The second-order valence-corrected chi connectivity index (χ2v) is 5.35. The van der Waals surface area contributed by atoms with Crippen molar-refractivity contribution in [1.82, 2.24) is 4.98 Å². The molecule has 1 unspecified atom stereocenters. The van der Waals surface area contributed by atoms with Gasteiger partial charge in [-0.3, -0.25) is 4.98 Å². The van der Waals surface area contributed by atoms with Gasteiger partial charge in [-0.1, -0.05) is 18.2 Å². The first kappa shape index (κ1) is 8.24. The van der Waals surface area contributed by atoms with Gasteiger partial charge in [0.05, 0.1) is 5.69 Å². The fraction of sp³-hybridized carbons (Fsp3) is 0.188. The molecule has 6 rings (SSSR count). The highest BCUT2D eigenvalue weighted by atomic mass is 14.7. The minimum absolute atomic E-state index is 0.489. The van der Waals surface area contributed by atoms with E-state index in [2.05, 4.69) is 36.4 Å². The van der Waals surface area contributed by atoms with Crippen LogP contribution in [0.15, 0.2) is 30.3 Å². The molecule has 2 aliphatic carbocycles. The lowest BCUT2D eigenvalue weighted by Gasteiger charge is -2.24. The molecule has 0 saturated heterocycles. The number of allylic oxidation sites excluding steroid dienone is 1. The summed E-state index contributed by atoms with van der Waals surface area (Å²) in [6.45, 7) is 0. The van der Waals surface area contributed by atoms with Gasteiger partial charge in [0, 0.05) is 17.2 Å². The number of fused-ring (bicyclic) bond motifs is 2. The highest BCUT2D eigenvalue weighted by Crippen LogP contribution is 2.41. The molecular weight excluding hydrogens is 206 g/mol. The van der Waals surface area contributed by atoms with Crippen molar-refractivity contribution in [2.24, 2.45) is 0 Å². The predicted octanol–water partition coefficient (Wildman–Crippen LogP) is 3.32. The van der Waals surface area contributed by atoms with E-state index >= 15 is 0 Å². The van der Waals surface area contributed by atoms with E-state index in [0.29, 0.717) is 5.92 Å². The van der Waals surface area contributed by atoms with Crippen molar-refractivity contribution in [1.29, 1.82) is 0 Å². The normalized spacial score (nSPS) is 20.8. The number of hydrogen-bond donors (Lipinski definition) is 0. The summed E-state index contributed by atoms with van der Waals surface area (Å²) in [5.74, 6) is 0.489. The molecule has 0 saturated carbocycles. The van der Waals surface area contributed by atoms with Gasteiger partial charge < -0.3 is 0 Å². The number of hydrogen-bond acceptors (Lipinski definition) is 1. The summed E-state index contributed by atoms with van der Waals surface area (Å²) >= 11 is 0. The Morgan fingerprint density at radius 1 is 1.06 bits per heavy atom. The summed E-state index contributed by atoms with van der Waals surface area (Å²) < 4.78 is 0. The molecule has 3 heterocycles. The van der Waals surface area contributed by atoms with Crippen LogP contribution < -0.4 is 0 Å². The lowest BCUT2D eigenvalue weighted by molar-refractivity contribution is 0.789. The highest BCUT2D eigenvalue weighted by Gasteiger charge is 2.26. The number of rotatable bonds is 0. The topological polar surface area (TPSA) is 12.9 Å². The fourth-order valence-corrected chi connectivity index (χ4v) is 3.46. The molecule has 1 aromatic carbocycles. The second kappa shape index (κ2) is 2.51. The van der Waals surface area contributed by atoms with Crippen molar-refractivity contribution < 1.29 is 0 Å². The minimum Gasteiger partial charge on any atom is -0.252 e. The van der Waals surface area contributed by atoms with Crippen LogP contribution in [-0.2, 0) is 12.8 Å². The lowest BCUT2D eigenvalue weighted by atomic mass is 9.83. The van der Waals surface area contributed by atoms with Crippen LogP contribution in [0.25, 0.3) is 17.3 Å². The van der Waals surface area contributed by atoms with Crippen LogP contribution in [0.4, 0.5) is 0 Å². The van der Waals surface area contributed by atoms with Gasteiger partial charge in [0.2, 0.25) is 0 Å². The van der Waals surface area contributed by atoms with E-state index in [1.165, 1.54) is 39.2 Å². The highest BCUT2D eigenvalue weighted by molar-refractivity contribution is 5.80. The Balaban J connectivity index is 2.09. The molecule has 2 aromatic rings. The van der Waals surface area contributed by atoms with Crippen molar-refractivity contribution >= 4 is 6.08 Å². The zero-order valence-electron chi connectivity index (χ0n) is 9.40. The quantitative estimate of drug-likeness (QED) is 0.563. The summed E-state index contributed by atoms with van der Waals surface area (Å²) in [5, 5.41) is 0. The number of aromatic nitrogens is 1. The van der Waals surface area contributed by atoms with Crippen molar-refractivity contribution in [3.63, 3.8) is 0 Å². The van der Waals surface area contributed by atoms with Gasteiger partial charge in [-0.25, -0.2) is 0 Å². The molecule has 0 amide bonds. The summed E-state index contributed by atoms with van der Waals surface area (Å²) in [7, 11) is 0.